The zero-order chi connectivity index (χ0) is 21.4. The van der Waals surface area contributed by atoms with Crippen molar-refractivity contribution in [2.75, 3.05) is 6.61 Å². The van der Waals surface area contributed by atoms with Crippen molar-refractivity contribution >= 4 is 11.9 Å². The van der Waals surface area contributed by atoms with Gasteiger partial charge in [0.1, 0.15) is 6.61 Å². The molecule has 0 aromatic heterocycles. The molecule has 6 heteroatoms. The third-order valence-corrected chi connectivity index (χ3v) is 5.21. The molecule has 6 nitrogen and oxygen atoms in total. The van der Waals surface area contributed by atoms with Crippen molar-refractivity contribution in [1.29, 1.82) is 0 Å². The van der Waals surface area contributed by atoms with Crippen LogP contribution in [0, 0.1) is 0 Å². The zero-order valence-electron chi connectivity index (χ0n) is 17.1. The molecule has 0 spiro atoms. The van der Waals surface area contributed by atoms with Crippen molar-refractivity contribution in [2.24, 2.45) is 5.73 Å². The van der Waals surface area contributed by atoms with E-state index in [4.69, 9.17) is 15.2 Å². The molecule has 0 bridgehead atoms. The maximum atomic E-state index is 12.8. The second-order valence-electron chi connectivity index (χ2n) is 8.37. The van der Waals surface area contributed by atoms with Gasteiger partial charge in [-0.25, -0.2) is 9.59 Å². The number of hydrogen-bond acceptors (Lipinski definition) is 5. The van der Waals surface area contributed by atoms with E-state index in [0.29, 0.717) is 0 Å². The summed E-state index contributed by atoms with van der Waals surface area (Å²) in [4.78, 5) is 24.7. The summed E-state index contributed by atoms with van der Waals surface area (Å²) in [6, 6.07) is 15.8. The lowest BCUT2D eigenvalue weighted by molar-refractivity contribution is -0.174. The van der Waals surface area contributed by atoms with E-state index in [1.54, 1.807) is 20.8 Å². The first kappa shape index (κ1) is 21.0. The van der Waals surface area contributed by atoms with Gasteiger partial charge in [-0.05, 0) is 49.9 Å². The summed E-state index contributed by atoms with van der Waals surface area (Å²) in [5.41, 5.74) is 7.30. The Morgan fingerprint density at radius 3 is 1.97 bits per heavy atom. The van der Waals surface area contributed by atoms with Crippen molar-refractivity contribution in [3.63, 3.8) is 0 Å². The van der Waals surface area contributed by atoms with Crippen LogP contribution in [0.3, 0.4) is 0 Å². The molecule has 0 saturated heterocycles. The number of benzene rings is 2. The summed E-state index contributed by atoms with van der Waals surface area (Å²) < 4.78 is 11.1. The molecule has 2 aromatic rings. The fourth-order valence-electron chi connectivity index (χ4n) is 3.77. The lowest BCUT2D eigenvalue weighted by Crippen LogP contribution is -2.64. The maximum absolute atomic E-state index is 12.8. The Morgan fingerprint density at radius 2 is 1.52 bits per heavy atom. The summed E-state index contributed by atoms with van der Waals surface area (Å²) in [6.07, 6.45) is -1.07. The lowest BCUT2D eigenvalue weighted by Gasteiger charge is -2.34. The van der Waals surface area contributed by atoms with E-state index in [1.807, 2.05) is 48.5 Å². The van der Waals surface area contributed by atoms with E-state index in [9.17, 15) is 14.7 Å². The van der Waals surface area contributed by atoms with E-state index < -0.39 is 29.2 Å². The number of esters is 1. The molecule has 154 valence electrons. The Bertz CT molecular complexity index is 887. The highest BCUT2D eigenvalue weighted by Gasteiger charge is 2.51. The van der Waals surface area contributed by atoms with Crippen molar-refractivity contribution in [3.8, 4) is 11.1 Å². The van der Waals surface area contributed by atoms with Crippen LogP contribution in [0.4, 0.5) is 0 Å². The van der Waals surface area contributed by atoms with E-state index in [1.165, 1.54) is 6.92 Å². The van der Waals surface area contributed by atoms with Gasteiger partial charge in [0.15, 0.2) is 0 Å². The topological polar surface area (TPSA) is 98.9 Å². The first-order valence-electron chi connectivity index (χ1n) is 9.61. The highest BCUT2D eigenvalue weighted by atomic mass is 16.6. The van der Waals surface area contributed by atoms with E-state index in [0.717, 1.165) is 22.3 Å². The molecular formula is C23H27NO5. The van der Waals surface area contributed by atoms with Crippen molar-refractivity contribution in [2.45, 2.75) is 50.9 Å². The van der Waals surface area contributed by atoms with Crippen LogP contribution in [-0.4, -0.2) is 40.9 Å². The summed E-state index contributed by atoms with van der Waals surface area (Å²) in [5, 5.41) is 9.67. The van der Waals surface area contributed by atoms with Crippen LogP contribution in [-0.2, 0) is 19.1 Å². The summed E-state index contributed by atoms with van der Waals surface area (Å²) in [6.45, 7) is 6.78. The predicted molar refractivity (Wildman–Crippen MR) is 110 cm³/mol. The summed E-state index contributed by atoms with van der Waals surface area (Å²) >= 11 is 0. The van der Waals surface area contributed by atoms with Gasteiger partial charge in [0, 0.05) is 5.92 Å². The molecule has 0 saturated carbocycles. The number of carboxylic acids is 1. The van der Waals surface area contributed by atoms with Crippen LogP contribution >= 0.6 is 0 Å². The molecule has 0 heterocycles. The largest absolute Gasteiger partial charge is 0.479 e. The number of aliphatic carboxylic acids is 1. The molecule has 1 aliphatic carbocycles. The van der Waals surface area contributed by atoms with Crippen LogP contribution in [0.2, 0.25) is 0 Å². The van der Waals surface area contributed by atoms with Crippen molar-refractivity contribution in [3.05, 3.63) is 59.7 Å². The number of carbonyl (C=O) groups is 2. The molecular weight excluding hydrogens is 370 g/mol. The Hall–Kier alpha value is -2.70. The van der Waals surface area contributed by atoms with Gasteiger partial charge in [-0.1, -0.05) is 48.5 Å². The quantitative estimate of drug-likeness (QED) is 0.573. The minimum Gasteiger partial charge on any atom is -0.479 e. The predicted octanol–water partition coefficient (Wildman–Crippen LogP) is 3.33. The molecule has 0 aliphatic heterocycles. The zero-order valence-corrected chi connectivity index (χ0v) is 17.1. The molecule has 2 unspecified atom stereocenters. The number of rotatable bonds is 6. The summed E-state index contributed by atoms with van der Waals surface area (Å²) in [7, 11) is 0. The van der Waals surface area contributed by atoms with E-state index >= 15 is 0 Å². The number of ether oxygens (including phenoxy) is 2. The Balaban J connectivity index is 1.83. The monoisotopic (exact) mass is 397 g/mol. The highest BCUT2D eigenvalue weighted by Crippen LogP contribution is 2.44. The minimum absolute atomic E-state index is 0.00132. The molecule has 2 aromatic carbocycles. The van der Waals surface area contributed by atoms with Gasteiger partial charge >= 0.3 is 11.9 Å². The second kappa shape index (κ2) is 7.61. The van der Waals surface area contributed by atoms with Crippen LogP contribution in [0.5, 0.6) is 0 Å². The molecule has 0 radical (unpaired) electrons. The molecule has 0 amide bonds. The fourth-order valence-corrected chi connectivity index (χ4v) is 3.77. The smallest absolute Gasteiger partial charge is 0.340 e. The third kappa shape index (κ3) is 3.91. The Kier molecular flexibility index (Phi) is 5.52. The number of nitrogens with two attached hydrogens (primary N) is 1. The lowest BCUT2D eigenvalue weighted by atomic mass is 9.93. The Morgan fingerprint density at radius 1 is 1.03 bits per heavy atom. The van der Waals surface area contributed by atoms with Gasteiger partial charge in [0.25, 0.3) is 0 Å². The maximum Gasteiger partial charge on any atom is 0.340 e. The molecule has 1 aliphatic rings. The first-order valence-corrected chi connectivity index (χ1v) is 9.61. The van der Waals surface area contributed by atoms with Gasteiger partial charge in [-0.15, -0.1) is 0 Å². The number of fused-ring (bicyclic) bond motifs is 3. The first-order chi connectivity index (χ1) is 13.6. The molecule has 29 heavy (non-hydrogen) atoms. The normalized spacial score (nSPS) is 16.4. The molecule has 0 fully saturated rings. The molecule has 3 rings (SSSR count). The number of carbonyl (C=O) groups excluding carboxylic acids is 1. The standard InChI is InChI=1S/C23H27NO5/c1-14(29-22(2,3)4)23(24,20(25)26)21(27)28-13-19-17-11-7-5-9-15(17)16-10-6-8-12-18(16)19/h5-12,14,19H,13,24H2,1-4H3,(H,25,26). The SMILES string of the molecule is CC(OC(C)(C)C)C(N)(C(=O)O)C(=O)OCC1c2ccccc2-c2ccccc21. The highest BCUT2D eigenvalue weighted by molar-refractivity contribution is 6.04. The van der Waals surface area contributed by atoms with Crippen LogP contribution in [0.25, 0.3) is 11.1 Å². The van der Waals surface area contributed by atoms with Gasteiger partial charge in [0.2, 0.25) is 5.54 Å². The fraction of sp³-hybridized carbons (Fsp3) is 0.391. The van der Waals surface area contributed by atoms with E-state index in [-0.39, 0.29) is 12.5 Å². The summed E-state index contributed by atoms with van der Waals surface area (Å²) in [5.74, 6) is -2.67. The Labute approximate surface area is 170 Å². The van der Waals surface area contributed by atoms with Gasteiger partial charge in [-0.3, -0.25) is 0 Å². The van der Waals surface area contributed by atoms with Gasteiger partial charge in [-0.2, -0.15) is 0 Å². The molecule has 3 N–H and O–H groups in total. The minimum atomic E-state index is -2.30. The third-order valence-electron chi connectivity index (χ3n) is 5.21. The van der Waals surface area contributed by atoms with Gasteiger partial charge in [0.05, 0.1) is 11.7 Å². The number of carboxylic acid groups (broad SMARTS) is 1. The second-order valence-corrected chi connectivity index (χ2v) is 8.37. The van der Waals surface area contributed by atoms with Crippen LogP contribution in [0.15, 0.2) is 48.5 Å². The number of hydrogen-bond donors (Lipinski definition) is 2. The molecule has 2 atom stereocenters. The van der Waals surface area contributed by atoms with Crippen LogP contribution < -0.4 is 5.73 Å². The van der Waals surface area contributed by atoms with Crippen LogP contribution in [0.1, 0.15) is 44.7 Å². The average molecular weight is 397 g/mol. The van der Waals surface area contributed by atoms with E-state index in [2.05, 4.69) is 0 Å². The average Bonchev–Trinajstić information content (AvgIpc) is 2.97. The van der Waals surface area contributed by atoms with Gasteiger partial charge < -0.3 is 20.3 Å². The van der Waals surface area contributed by atoms with Crippen molar-refractivity contribution in [1.82, 2.24) is 0 Å². The van der Waals surface area contributed by atoms with Crippen molar-refractivity contribution < 1.29 is 24.2 Å².